The summed E-state index contributed by atoms with van der Waals surface area (Å²) < 4.78 is 37.1. The van der Waals surface area contributed by atoms with E-state index in [1.165, 1.54) is 0 Å². The van der Waals surface area contributed by atoms with E-state index in [4.69, 9.17) is 5.11 Å². The van der Waals surface area contributed by atoms with Crippen LogP contribution in [0.2, 0.25) is 0 Å². The van der Waals surface area contributed by atoms with Crippen molar-refractivity contribution < 1.29 is 23.1 Å². The lowest BCUT2D eigenvalue weighted by molar-refractivity contribution is -0.208. The normalized spacial score (nSPS) is 25.6. The van der Waals surface area contributed by atoms with Gasteiger partial charge in [0.2, 0.25) is 6.41 Å². The molecule has 0 aromatic carbocycles. The van der Waals surface area contributed by atoms with Gasteiger partial charge in [-0.05, 0) is 19.8 Å². The number of likely N-dealkylation sites (tertiary alicyclic amines) is 1. The molecule has 0 spiro atoms. The summed E-state index contributed by atoms with van der Waals surface area (Å²) in [6, 6.07) is -0.176. The molecule has 1 aliphatic heterocycles. The maximum Gasteiger partial charge on any atom is 0.420 e. The number of carbonyl (C=O) groups is 1. The molecule has 1 saturated heterocycles. The third-order valence-electron chi connectivity index (χ3n) is 3.48. The number of aromatic nitrogens is 3. The van der Waals surface area contributed by atoms with Crippen molar-refractivity contribution >= 4 is 6.41 Å². The van der Waals surface area contributed by atoms with Gasteiger partial charge in [-0.3, -0.25) is 4.79 Å². The average molecular weight is 292 g/mol. The molecule has 1 N–H and O–H groups in total. The molecule has 1 aliphatic rings. The molecular formula is C11H15F3N4O2. The summed E-state index contributed by atoms with van der Waals surface area (Å²) in [5.41, 5.74) is -0.534. The van der Waals surface area contributed by atoms with Crippen LogP contribution in [-0.2, 0) is 4.79 Å². The molecule has 0 aliphatic carbocycles. The van der Waals surface area contributed by atoms with Crippen LogP contribution in [0.15, 0.2) is 6.20 Å². The highest BCUT2D eigenvalue weighted by Gasteiger charge is 2.41. The number of halogens is 3. The molecule has 112 valence electrons. The molecule has 2 heterocycles. The van der Waals surface area contributed by atoms with Gasteiger partial charge >= 0.3 is 6.18 Å². The largest absolute Gasteiger partial charge is 0.420 e. The molecule has 1 aromatic heterocycles. The molecule has 0 bridgehead atoms. The predicted octanol–water partition coefficient (Wildman–Crippen LogP) is 1.06. The Hall–Kier alpha value is -1.64. The minimum atomic E-state index is -4.77. The standard InChI is InChI=1S/C11H15F3N4O2/c1-7-2-3-8(5-17(7)6-19)18-15-4-9(16-18)10(20)11(12,13)14/h4,6-8,10,20H,2-3,5H2,1H3/t7-,8-,10?/m1/s1. The lowest BCUT2D eigenvalue weighted by atomic mass is 10.0. The summed E-state index contributed by atoms with van der Waals surface area (Å²) in [6.45, 7) is 2.25. The Balaban J connectivity index is 2.11. The van der Waals surface area contributed by atoms with Crippen LogP contribution in [0.3, 0.4) is 0 Å². The van der Waals surface area contributed by atoms with Crippen LogP contribution in [0.25, 0.3) is 0 Å². The minimum Gasteiger partial charge on any atom is -0.378 e. The summed E-state index contributed by atoms with van der Waals surface area (Å²) in [4.78, 5) is 13.6. The van der Waals surface area contributed by atoms with Crippen LogP contribution >= 0.6 is 0 Å². The summed E-state index contributed by atoms with van der Waals surface area (Å²) in [5, 5.41) is 16.6. The zero-order valence-corrected chi connectivity index (χ0v) is 10.8. The Morgan fingerprint density at radius 3 is 2.80 bits per heavy atom. The van der Waals surface area contributed by atoms with Gasteiger partial charge in [0.25, 0.3) is 0 Å². The van der Waals surface area contributed by atoms with Crippen LogP contribution in [0.5, 0.6) is 0 Å². The molecule has 9 heteroatoms. The quantitative estimate of drug-likeness (QED) is 0.846. The van der Waals surface area contributed by atoms with Crippen molar-refractivity contribution in [3.63, 3.8) is 0 Å². The first-order valence-electron chi connectivity index (χ1n) is 6.20. The Morgan fingerprint density at radius 1 is 1.50 bits per heavy atom. The minimum absolute atomic E-state index is 0.0968. The topological polar surface area (TPSA) is 71.2 Å². The highest BCUT2D eigenvalue weighted by atomic mass is 19.4. The SMILES string of the molecule is C[C@@H]1CC[C@@H](n2ncc(C(O)C(F)(F)F)n2)CN1C=O. The highest BCUT2D eigenvalue weighted by molar-refractivity contribution is 5.48. The number of aliphatic hydroxyl groups excluding tert-OH is 1. The van der Waals surface area contributed by atoms with Crippen LogP contribution in [0.1, 0.15) is 37.6 Å². The Kier molecular flexibility index (Phi) is 3.98. The predicted molar refractivity (Wildman–Crippen MR) is 61.5 cm³/mol. The fourth-order valence-electron chi connectivity index (χ4n) is 2.21. The average Bonchev–Trinajstić information content (AvgIpc) is 2.86. The summed E-state index contributed by atoms with van der Waals surface area (Å²) in [5.74, 6) is 0. The molecule has 6 nitrogen and oxygen atoms in total. The molecule has 20 heavy (non-hydrogen) atoms. The number of aliphatic hydroxyl groups is 1. The summed E-state index contributed by atoms with van der Waals surface area (Å²) in [7, 11) is 0. The number of alkyl halides is 3. The van der Waals surface area contributed by atoms with Crippen molar-refractivity contribution in [2.24, 2.45) is 0 Å². The first kappa shape index (κ1) is 14.8. The number of piperidine rings is 1. The van der Waals surface area contributed by atoms with Crippen molar-refractivity contribution in [3.05, 3.63) is 11.9 Å². The van der Waals surface area contributed by atoms with Crippen molar-refractivity contribution in [2.45, 2.75) is 44.1 Å². The molecule has 0 saturated carbocycles. The summed E-state index contributed by atoms with van der Waals surface area (Å²) in [6.07, 6.45) is -4.39. The van der Waals surface area contributed by atoms with Crippen molar-refractivity contribution in [3.8, 4) is 0 Å². The van der Waals surface area contributed by atoms with Crippen LogP contribution in [-0.4, -0.2) is 50.2 Å². The second-order valence-corrected chi connectivity index (χ2v) is 4.92. The second-order valence-electron chi connectivity index (χ2n) is 4.92. The molecule has 1 amide bonds. The first-order chi connectivity index (χ1) is 9.32. The second kappa shape index (κ2) is 5.39. The third kappa shape index (κ3) is 2.92. The zero-order chi connectivity index (χ0) is 14.9. The van der Waals surface area contributed by atoms with E-state index in [1.54, 1.807) is 4.90 Å². The maximum atomic E-state index is 12.4. The lowest BCUT2D eigenvalue weighted by Gasteiger charge is -2.34. The molecule has 1 aromatic rings. The monoisotopic (exact) mass is 292 g/mol. The first-order valence-corrected chi connectivity index (χ1v) is 6.20. The van der Waals surface area contributed by atoms with Gasteiger partial charge in [-0.1, -0.05) is 0 Å². The van der Waals surface area contributed by atoms with E-state index in [1.807, 2.05) is 6.92 Å². The molecule has 1 unspecified atom stereocenters. The number of hydrogen-bond donors (Lipinski definition) is 1. The molecule has 3 atom stereocenters. The smallest absolute Gasteiger partial charge is 0.378 e. The van der Waals surface area contributed by atoms with E-state index in [9.17, 15) is 18.0 Å². The highest BCUT2D eigenvalue weighted by Crippen LogP contribution is 2.31. The van der Waals surface area contributed by atoms with Gasteiger partial charge in [-0.2, -0.15) is 28.2 Å². The van der Waals surface area contributed by atoms with Gasteiger partial charge in [0, 0.05) is 12.6 Å². The lowest BCUT2D eigenvalue weighted by Crippen LogP contribution is -2.42. The van der Waals surface area contributed by atoms with E-state index < -0.39 is 18.0 Å². The van der Waals surface area contributed by atoms with E-state index >= 15 is 0 Å². The van der Waals surface area contributed by atoms with Gasteiger partial charge < -0.3 is 10.0 Å². The number of hydrogen-bond acceptors (Lipinski definition) is 4. The fourth-order valence-corrected chi connectivity index (χ4v) is 2.21. The third-order valence-corrected chi connectivity index (χ3v) is 3.48. The Morgan fingerprint density at radius 2 is 2.20 bits per heavy atom. The maximum absolute atomic E-state index is 12.4. The van der Waals surface area contributed by atoms with E-state index in [-0.39, 0.29) is 12.1 Å². The van der Waals surface area contributed by atoms with Gasteiger partial charge in [-0.25, -0.2) is 0 Å². The van der Waals surface area contributed by atoms with Gasteiger partial charge in [0.05, 0.1) is 12.2 Å². The molecular weight excluding hydrogens is 277 g/mol. The van der Waals surface area contributed by atoms with Crippen molar-refractivity contribution in [1.29, 1.82) is 0 Å². The van der Waals surface area contributed by atoms with Crippen LogP contribution < -0.4 is 0 Å². The Bertz CT molecular complexity index is 476. The number of amides is 1. The fraction of sp³-hybridized carbons (Fsp3) is 0.727. The zero-order valence-electron chi connectivity index (χ0n) is 10.8. The van der Waals surface area contributed by atoms with Gasteiger partial charge in [0.1, 0.15) is 5.69 Å². The van der Waals surface area contributed by atoms with Gasteiger partial charge in [0.15, 0.2) is 6.10 Å². The van der Waals surface area contributed by atoms with Crippen LogP contribution in [0, 0.1) is 0 Å². The van der Waals surface area contributed by atoms with Crippen molar-refractivity contribution in [2.75, 3.05) is 6.54 Å². The summed E-state index contributed by atoms with van der Waals surface area (Å²) >= 11 is 0. The molecule has 2 rings (SSSR count). The molecule has 1 fully saturated rings. The Labute approximate surface area is 113 Å². The van der Waals surface area contributed by atoms with E-state index in [0.717, 1.165) is 17.4 Å². The van der Waals surface area contributed by atoms with Gasteiger partial charge in [-0.15, -0.1) is 0 Å². The van der Waals surface area contributed by atoms with Crippen LogP contribution in [0.4, 0.5) is 13.2 Å². The molecule has 0 radical (unpaired) electrons. The van der Waals surface area contributed by atoms with E-state index in [0.29, 0.717) is 19.4 Å². The van der Waals surface area contributed by atoms with Crippen molar-refractivity contribution in [1.82, 2.24) is 19.9 Å². The number of carbonyl (C=O) groups excluding carboxylic acids is 1. The number of nitrogens with zero attached hydrogens (tertiary/aromatic N) is 4. The van der Waals surface area contributed by atoms with E-state index in [2.05, 4.69) is 10.2 Å². The number of rotatable bonds is 3.